The summed E-state index contributed by atoms with van der Waals surface area (Å²) in [6.45, 7) is 2.40. The number of aliphatic hydroxyl groups is 1. The van der Waals surface area contributed by atoms with Crippen molar-refractivity contribution >= 4 is 22.4 Å². The minimum absolute atomic E-state index is 0.00250. The number of nitrogens with one attached hydrogen (secondary N) is 1. The molecule has 2 heterocycles. The molecule has 1 aliphatic rings. The monoisotopic (exact) mass is 284 g/mol. The van der Waals surface area contributed by atoms with E-state index < -0.39 is 0 Å². The number of thiazole rings is 1. The Kier molecular flexibility index (Phi) is 5.12. The van der Waals surface area contributed by atoms with Gasteiger partial charge in [-0.15, -0.1) is 11.3 Å². The van der Waals surface area contributed by atoms with Crippen molar-refractivity contribution < 1.29 is 9.90 Å². The zero-order valence-electron chi connectivity index (χ0n) is 10.8. The van der Waals surface area contributed by atoms with Gasteiger partial charge >= 0.3 is 0 Å². The van der Waals surface area contributed by atoms with Gasteiger partial charge in [-0.05, 0) is 19.4 Å². The lowest BCUT2D eigenvalue weighted by Crippen LogP contribution is -2.44. The van der Waals surface area contributed by atoms with Crippen LogP contribution in [-0.2, 0) is 11.2 Å². The molecule has 1 amide bonds. The van der Waals surface area contributed by atoms with Gasteiger partial charge in [0.05, 0.1) is 18.3 Å². The van der Waals surface area contributed by atoms with E-state index in [1.54, 1.807) is 0 Å². The second-order valence-corrected chi connectivity index (χ2v) is 5.70. The van der Waals surface area contributed by atoms with Crippen LogP contribution < -0.4 is 11.1 Å². The van der Waals surface area contributed by atoms with E-state index in [1.165, 1.54) is 11.3 Å². The SMILES string of the molecule is Nc1nc(CCNC(=O)CN2CCC[C@@H](O)C2)cs1. The number of carbonyl (C=O) groups is 1. The van der Waals surface area contributed by atoms with E-state index in [4.69, 9.17) is 5.73 Å². The molecular formula is C12H20N4O2S. The number of hydrogen-bond donors (Lipinski definition) is 3. The maximum atomic E-state index is 11.7. The predicted octanol–water partition coefficient (Wildman–Crippen LogP) is -0.159. The van der Waals surface area contributed by atoms with Crippen LogP contribution in [0, 0.1) is 0 Å². The highest BCUT2D eigenvalue weighted by molar-refractivity contribution is 7.13. The van der Waals surface area contributed by atoms with Gasteiger partial charge < -0.3 is 16.2 Å². The molecule has 0 bridgehead atoms. The number of piperidine rings is 1. The van der Waals surface area contributed by atoms with Crippen LogP contribution in [0.5, 0.6) is 0 Å². The summed E-state index contributed by atoms with van der Waals surface area (Å²) in [7, 11) is 0. The number of nitrogens with two attached hydrogens (primary N) is 1. The number of amides is 1. The average Bonchev–Trinajstić information content (AvgIpc) is 2.75. The Morgan fingerprint density at radius 2 is 2.53 bits per heavy atom. The van der Waals surface area contributed by atoms with Gasteiger partial charge in [-0.2, -0.15) is 0 Å². The first-order valence-electron chi connectivity index (χ1n) is 6.50. The molecule has 2 rings (SSSR count). The first-order chi connectivity index (χ1) is 9.13. The van der Waals surface area contributed by atoms with Crippen LogP contribution in [-0.4, -0.2) is 53.2 Å². The Balaban J connectivity index is 1.64. The summed E-state index contributed by atoms with van der Waals surface area (Å²) in [5, 5.41) is 14.9. The molecule has 1 aromatic heterocycles. The lowest BCUT2D eigenvalue weighted by atomic mass is 10.1. The molecule has 4 N–H and O–H groups in total. The van der Waals surface area contributed by atoms with Crippen molar-refractivity contribution in [2.24, 2.45) is 0 Å². The number of anilines is 1. The van der Waals surface area contributed by atoms with Gasteiger partial charge in [-0.3, -0.25) is 9.69 Å². The zero-order chi connectivity index (χ0) is 13.7. The van der Waals surface area contributed by atoms with Crippen LogP contribution in [0.2, 0.25) is 0 Å². The summed E-state index contributed by atoms with van der Waals surface area (Å²) in [6.07, 6.45) is 2.19. The third kappa shape index (κ3) is 4.77. The molecule has 0 spiro atoms. The number of nitrogens with zero attached hydrogens (tertiary/aromatic N) is 2. The fourth-order valence-corrected chi connectivity index (χ4v) is 2.80. The highest BCUT2D eigenvalue weighted by atomic mass is 32.1. The maximum Gasteiger partial charge on any atom is 0.234 e. The Bertz CT molecular complexity index is 424. The summed E-state index contributed by atoms with van der Waals surface area (Å²) in [5.74, 6) is -0.00250. The van der Waals surface area contributed by atoms with Crippen LogP contribution in [0.4, 0.5) is 5.13 Å². The minimum atomic E-state index is -0.292. The second-order valence-electron chi connectivity index (χ2n) is 4.81. The standard InChI is InChI=1S/C12H20N4O2S/c13-12-15-9(8-19-12)3-4-14-11(18)7-16-5-1-2-10(17)6-16/h8,10,17H,1-7H2,(H2,13,15)(H,14,18)/t10-/m1/s1. The molecule has 1 atom stereocenters. The zero-order valence-corrected chi connectivity index (χ0v) is 11.7. The molecule has 1 aliphatic heterocycles. The summed E-state index contributed by atoms with van der Waals surface area (Å²) < 4.78 is 0. The van der Waals surface area contributed by atoms with Crippen molar-refractivity contribution in [2.45, 2.75) is 25.4 Å². The summed E-state index contributed by atoms with van der Waals surface area (Å²) in [4.78, 5) is 17.9. The Labute approximate surface area is 116 Å². The highest BCUT2D eigenvalue weighted by Gasteiger charge is 2.19. The van der Waals surface area contributed by atoms with Crippen molar-refractivity contribution in [1.29, 1.82) is 0 Å². The van der Waals surface area contributed by atoms with Gasteiger partial charge in [0.15, 0.2) is 5.13 Å². The molecule has 6 nitrogen and oxygen atoms in total. The summed E-state index contributed by atoms with van der Waals surface area (Å²) >= 11 is 1.41. The van der Waals surface area contributed by atoms with E-state index in [0.29, 0.717) is 31.2 Å². The predicted molar refractivity (Wildman–Crippen MR) is 74.9 cm³/mol. The van der Waals surface area contributed by atoms with Crippen LogP contribution in [0.1, 0.15) is 18.5 Å². The molecule has 1 aromatic rings. The molecule has 0 radical (unpaired) electrons. The van der Waals surface area contributed by atoms with Gasteiger partial charge in [0.25, 0.3) is 0 Å². The fourth-order valence-electron chi connectivity index (χ4n) is 2.20. The van der Waals surface area contributed by atoms with E-state index in [9.17, 15) is 9.90 Å². The number of aromatic nitrogens is 1. The van der Waals surface area contributed by atoms with E-state index >= 15 is 0 Å². The molecule has 0 aromatic carbocycles. The Morgan fingerprint density at radius 1 is 1.68 bits per heavy atom. The third-order valence-electron chi connectivity index (χ3n) is 3.12. The van der Waals surface area contributed by atoms with Gasteiger partial charge in [0, 0.05) is 24.9 Å². The highest BCUT2D eigenvalue weighted by Crippen LogP contribution is 2.11. The summed E-state index contributed by atoms with van der Waals surface area (Å²) in [5.41, 5.74) is 6.45. The lowest BCUT2D eigenvalue weighted by Gasteiger charge is -2.29. The second kappa shape index (κ2) is 6.83. The van der Waals surface area contributed by atoms with E-state index in [2.05, 4.69) is 10.3 Å². The topological polar surface area (TPSA) is 91.5 Å². The lowest BCUT2D eigenvalue weighted by molar-refractivity contribution is -0.122. The average molecular weight is 284 g/mol. The van der Waals surface area contributed by atoms with Crippen LogP contribution in [0.15, 0.2) is 5.38 Å². The first-order valence-corrected chi connectivity index (χ1v) is 7.38. The number of likely N-dealkylation sites (tertiary alicyclic amines) is 1. The summed E-state index contributed by atoms with van der Waals surface area (Å²) in [6, 6.07) is 0. The number of nitrogen functional groups attached to an aromatic ring is 1. The van der Waals surface area contributed by atoms with Crippen molar-refractivity contribution in [2.75, 3.05) is 31.9 Å². The Morgan fingerprint density at radius 3 is 3.21 bits per heavy atom. The number of aliphatic hydroxyl groups excluding tert-OH is 1. The molecule has 19 heavy (non-hydrogen) atoms. The molecule has 0 aliphatic carbocycles. The van der Waals surface area contributed by atoms with Crippen LogP contribution in [0.3, 0.4) is 0 Å². The van der Waals surface area contributed by atoms with Crippen molar-refractivity contribution in [3.05, 3.63) is 11.1 Å². The normalized spacial score (nSPS) is 20.4. The van der Waals surface area contributed by atoms with Crippen molar-refractivity contribution in [1.82, 2.24) is 15.2 Å². The Hall–Kier alpha value is -1.18. The molecule has 7 heteroatoms. The molecule has 0 unspecified atom stereocenters. The first kappa shape index (κ1) is 14.2. The van der Waals surface area contributed by atoms with Gasteiger partial charge in [0.2, 0.25) is 5.91 Å². The smallest absolute Gasteiger partial charge is 0.234 e. The number of carbonyl (C=O) groups excluding carboxylic acids is 1. The molecule has 0 saturated carbocycles. The van der Waals surface area contributed by atoms with Crippen LogP contribution >= 0.6 is 11.3 Å². The molecule has 1 fully saturated rings. The van der Waals surface area contributed by atoms with E-state index in [0.717, 1.165) is 25.1 Å². The molecule has 1 saturated heterocycles. The molecular weight excluding hydrogens is 264 g/mol. The maximum absolute atomic E-state index is 11.7. The minimum Gasteiger partial charge on any atom is -0.392 e. The molecule has 106 valence electrons. The number of hydrogen-bond acceptors (Lipinski definition) is 6. The fraction of sp³-hybridized carbons (Fsp3) is 0.667. The van der Waals surface area contributed by atoms with Crippen molar-refractivity contribution in [3.8, 4) is 0 Å². The van der Waals surface area contributed by atoms with Crippen LogP contribution in [0.25, 0.3) is 0 Å². The van der Waals surface area contributed by atoms with Gasteiger partial charge in [0.1, 0.15) is 0 Å². The quantitative estimate of drug-likeness (QED) is 0.699. The van der Waals surface area contributed by atoms with Crippen molar-refractivity contribution in [3.63, 3.8) is 0 Å². The van der Waals surface area contributed by atoms with E-state index in [-0.39, 0.29) is 12.0 Å². The van der Waals surface area contributed by atoms with Gasteiger partial charge in [-0.25, -0.2) is 4.98 Å². The van der Waals surface area contributed by atoms with Gasteiger partial charge in [-0.1, -0.05) is 0 Å². The number of rotatable bonds is 5. The van der Waals surface area contributed by atoms with E-state index in [1.807, 2.05) is 10.3 Å². The third-order valence-corrected chi connectivity index (χ3v) is 3.84. The largest absolute Gasteiger partial charge is 0.392 e. The number of β-amino-alcohol motifs (C(OH)–C–C–N with tert-alkyl or cyclic N) is 1.